The van der Waals surface area contributed by atoms with Crippen LogP contribution < -0.4 is 4.72 Å². The number of likely N-dealkylation sites (tertiary alicyclic amines) is 1. The van der Waals surface area contributed by atoms with Crippen molar-refractivity contribution in [3.8, 4) is 0 Å². The van der Waals surface area contributed by atoms with Crippen LogP contribution >= 0.6 is 0 Å². The van der Waals surface area contributed by atoms with Crippen molar-refractivity contribution in [2.45, 2.75) is 38.6 Å². The first-order chi connectivity index (χ1) is 9.88. The van der Waals surface area contributed by atoms with E-state index in [9.17, 15) is 13.2 Å². The lowest BCUT2D eigenvalue weighted by atomic mass is 9.99. The maximum atomic E-state index is 12.3. The van der Waals surface area contributed by atoms with Crippen LogP contribution in [0.3, 0.4) is 0 Å². The van der Waals surface area contributed by atoms with E-state index in [2.05, 4.69) is 9.62 Å². The van der Waals surface area contributed by atoms with Gasteiger partial charge in [-0.15, -0.1) is 0 Å². The molecule has 0 aromatic heterocycles. The number of rotatable bonds is 6. The maximum absolute atomic E-state index is 12.3. The highest BCUT2D eigenvalue weighted by Crippen LogP contribution is 2.19. The molecule has 0 amide bonds. The number of piperidine rings is 1. The first-order valence-corrected chi connectivity index (χ1v) is 9.05. The summed E-state index contributed by atoms with van der Waals surface area (Å²) in [5.74, 6) is -1.25. The average Bonchev–Trinajstić information content (AvgIpc) is 2.90. The van der Waals surface area contributed by atoms with Gasteiger partial charge in [-0.25, -0.2) is 0 Å². The Bertz CT molecular complexity index is 454. The van der Waals surface area contributed by atoms with E-state index in [1.54, 1.807) is 0 Å². The summed E-state index contributed by atoms with van der Waals surface area (Å²) in [6.45, 7) is 5.24. The van der Waals surface area contributed by atoms with Crippen LogP contribution in [0.25, 0.3) is 0 Å². The highest BCUT2D eigenvalue weighted by Gasteiger charge is 2.31. The fourth-order valence-electron chi connectivity index (χ4n) is 3.06. The van der Waals surface area contributed by atoms with Gasteiger partial charge in [-0.2, -0.15) is 17.4 Å². The van der Waals surface area contributed by atoms with E-state index in [0.29, 0.717) is 12.8 Å². The average molecular weight is 319 g/mol. The molecule has 8 heteroatoms. The fraction of sp³-hybridized carbons (Fsp3) is 0.923. The Labute approximate surface area is 126 Å². The van der Waals surface area contributed by atoms with E-state index in [1.807, 2.05) is 6.92 Å². The number of nitrogens with zero attached hydrogens (tertiary/aromatic N) is 2. The quantitative estimate of drug-likeness (QED) is 0.725. The summed E-state index contributed by atoms with van der Waals surface area (Å²) >= 11 is 0. The number of carbonyl (C=O) groups is 1. The zero-order valence-electron chi connectivity index (χ0n) is 12.5. The minimum Gasteiger partial charge on any atom is -0.481 e. The van der Waals surface area contributed by atoms with Crippen LogP contribution in [-0.2, 0) is 15.0 Å². The van der Waals surface area contributed by atoms with E-state index in [4.69, 9.17) is 5.11 Å². The van der Waals surface area contributed by atoms with Gasteiger partial charge in [0, 0.05) is 25.7 Å². The molecule has 2 heterocycles. The first kappa shape index (κ1) is 16.7. The van der Waals surface area contributed by atoms with Gasteiger partial charge in [-0.3, -0.25) is 4.79 Å². The van der Waals surface area contributed by atoms with Crippen LogP contribution in [-0.4, -0.2) is 67.5 Å². The Balaban J connectivity index is 1.82. The number of hydrogen-bond acceptors (Lipinski definition) is 4. The summed E-state index contributed by atoms with van der Waals surface area (Å²) in [6.07, 6.45) is 3.14. The van der Waals surface area contributed by atoms with E-state index in [-0.39, 0.29) is 19.1 Å². The van der Waals surface area contributed by atoms with E-state index in [0.717, 1.165) is 19.6 Å². The summed E-state index contributed by atoms with van der Waals surface area (Å²) in [5.41, 5.74) is 0. The third kappa shape index (κ3) is 4.64. The molecule has 0 saturated carbocycles. The molecule has 0 bridgehead atoms. The predicted octanol–water partition coefficient (Wildman–Crippen LogP) is 0.102. The molecule has 2 aliphatic rings. The predicted molar refractivity (Wildman–Crippen MR) is 79.1 cm³/mol. The van der Waals surface area contributed by atoms with Crippen molar-refractivity contribution in [2.75, 3.05) is 32.7 Å². The van der Waals surface area contributed by atoms with Crippen LogP contribution in [0.4, 0.5) is 0 Å². The molecule has 0 aliphatic carbocycles. The molecule has 7 nitrogen and oxygen atoms in total. The monoisotopic (exact) mass is 319 g/mol. The summed E-state index contributed by atoms with van der Waals surface area (Å²) < 4.78 is 28.7. The van der Waals surface area contributed by atoms with Crippen molar-refractivity contribution in [3.05, 3.63) is 0 Å². The van der Waals surface area contributed by atoms with Crippen LogP contribution in [0, 0.1) is 5.92 Å². The SMILES string of the molecule is CC(CN1CCCC1)NS(=O)(=O)N1CCC(C(=O)O)CC1. The van der Waals surface area contributed by atoms with Crippen molar-refractivity contribution < 1.29 is 18.3 Å². The lowest BCUT2D eigenvalue weighted by molar-refractivity contribution is -0.142. The van der Waals surface area contributed by atoms with Crippen molar-refractivity contribution in [2.24, 2.45) is 5.92 Å². The third-order valence-electron chi connectivity index (χ3n) is 4.22. The number of hydrogen-bond donors (Lipinski definition) is 2. The molecule has 2 N–H and O–H groups in total. The van der Waals surface area contributed by atoms with Gasteiger partial charge >= 0.3 is 5.97 Å². The van der Waals surface area contributed by atoms with Gasteiger partial charge in [-0.05, 0) is 45.7 Å². The molecule has 2 rings (SSSR count). The fourth-order valence-corrected chi connectivity index (χ4v) is 4.49. The Morgan fingerprint density at radius 1 is 1.24 bits per heavy atom. The Morgan fingerprint density at radius 2 is 1.81 bits per heavy atom. The molecular formula is C13H25N3O4S. The van der Waals surface area contributed by atoms with E-state index in [1.165, 1.54) is 17.1 Å². The highest BCUT2D eigenvalue weighted by atomic mass is 32.2. The second-order valence-electron chi connectivity index (χ2n) is 6.04. The standard InChI is InChI=1S/C13H25N3O4S/c1-11(10-15-6-2-3-7-15)14-21(19,20)16-8-4-12(5-9-16)13(17)18/h11-12,14H,2-10H2,1H3,(H,17,18). The number of carboxylic acids is 1. The van der Waals surface area contributed by atoms with Gasteiger partial charge in [0.1, 0.15) is 0 Å². The summed E-state index contributed by atoms with van der Waals surface area (Å²) in [5, 5.41) is 8.94. The van der Waals surface area contributed by atoms with Crippen molar-refractivity contribution >= 4 is 16.2 Å². The molecule has 2 fully saturated rings. The summed E-state index contributed by atoms with van der Waals surface area (Å²) in [7, 11) is -3.51. The molecule has 0 aromatic carbocycles. The van der Waals surface area contributed by atoms with Gasteiger partial charge in [0.25, 0.3) is 10.2 Å². The van der Waals surface area contributed by atoms with Crippen LogP contribution in [0.5, 0.6) is 0 Å². The van der Waals surface area contributed by atoms with Crippen LogP contribution in [0.2, 0.25) is 0 Å². The van der Waals surface area contributed by atoms with Crippen molar-refractivity contribution in [1.29, 1.82) is 0 Å². The molecule has 2 saturated heterocycles. The molecule has 122 valence electrons. The van der Waals surface area contributed by atoms with Crippen LogP contribution in [0.15, 0.2) is 0 Å². The maximum Gasteiger partial charge on any atom is 0.306 e. The summed E-state index contributed by atoms with van der Waals surface area (Å²) in [6, 6.07) is -0.134. The van der Waals surface area contributed by atoms with E-state index < -0.39 is 22.1 Å². The molecule has 0 spiro atoms. The lowest BCUT2D eigenvalue weighted by Gasteiger charge is -2.31. The molecule has 2 aliphatic heterocycles. The number of nitrogens with one attached hydrogen (secondary N) is 1. The Hall–Kier alpha value is -0.700. The van der Waals surface area contributed by atoms with Gasteiger partial charge in [0.15, 0.2) is 0 Å². The van der Waals surface area contributed by atoms with Gasteiger partial charge < -0.3 is 10.0 Å². The van der Waals surface area contributed by atoms with Gasteiger partial charge in [0.05, 0.1) is 5.92 Å². The second kappa shape index (κ2) is 7.04. The second-order valence-corrected chi connectivity index (χ2v) is 7.75. The molecule has 0 aromatic rings. The number of aliphatic carboxylic acids is 1. The van der Waals surface area contributed by atoms with Crippen LogP contribution in [0.1, 0.15) is 32.6 Å². The number of carboxylic acid groups (broad SMARTS) is 1. The molecule has 0 radical (unpaired) electrons. The lowest BCUT2D eigenvalue weighted by Crippen LogP contribution is -2.50. The molecular weight excluding hydrogens is 294 g/mol. The minimum absolute atomic E-state index is 0.134. The smallest absolute Gasteiger partial charge is 0.306 e. The normalized spacial score (nSPS) is 24.2. The first-order valence-electron chi connectivity index (χ1n) is 7.61. The highest BCUT2D eigenvalue weighted by molar-refractivity contribution is 7.87. The van der Waals surface area contributed by atoms with Gasteiger partial charge in [-0.1, -0.05) is 0 Å². The largest absolute Gasteiger partial charge is 0.481 e. The Kier molecular flexibility index (Phi) is 5.59. The third-order valence-corrected chi connectivity index (χ3v) is 5.97. The van der Waals surface area contributed by atoms with Crippen molar-refractivity contribution in [1.82, 2.24) is 13.9 Å². The van der Waals surface area contributed by atoms with Gasteiger partial charge in [0.2, 0.25) is 0 Å². The molecule has 21 heavy (non-hydrogen) atoms. The zero-order chi connectivity index (χ0) is 15.5. The summed E-state index contributed by atoms with van der Waals surface area (Å²) in [4.78, 5) is 13.2. The van der Waals surface area contributed by atoms with Crippen molar-refractivity contribution in [3.63, 3.8) is 0 Å². The topological polar surface area (TPSA) is 90.0 Å². The Morgan fingerprint density at radius 3 is 2.33 bits per heavy atom. The van der Waals surface area contributed by atoms with E-state index >= 15 is 0 Å². The molecule has 1 unspecified atom stereocenters. The zero-order valence-corrected chi connectivity index (χ0v) is 13.3. The molecule has 1 atom stereocenters. The minimum atomic E-state index is -3.51.